The maximum Gasteiger partial charge on any atom is 0.240 e. The fourth-order valence-corrected chi connectivity index (χ4v) is 4.47. The summed E-state index contributed by atoms with van der Waals surface area (Å²) in [7, 11) is 0. The minimum absolute atomic E-state index is 0.200. The molecule has 4 rings (SSSR count). The van der Waals surface area contributed by atoms with Crippen LogP contribution in [0.3, 0.4) is 0 Å². The van der Waals surface area contributed by atoms with Crippen molar-refractivity contribution in [1.82, 2.24) is 14.9 Å². The molecule has 0 radical (unpaired) electrons. The molecule has 6 nitrogen and oxygen atoms in total. The van der Waals surface area contributed by atoms with Crippen molar-refractivity contribution in [3.8, 4) is 0 Å². The summed E-state index contributed by atoms with van der Waals surface area (Å²) in [6, 6.07) is 11.1. The predicted octanol–water partition coefficient (Wildman–Crippen LogP) is 4.34. The molecule has 2 unspecified atom stereocenters. The first-order valence-corrected chi connectivity index (χ1v) is 10.4. The number of nitrogens with one attached hydrogen (secondary N) is 2. The number of rotatable bonds is 4. The number of aromatic nitrogens is 3. The molecule has 2 heterocycles. The summed E-state index contributed by atoms with van der Waals surface area (Å²) < 4.78 is 15.2. The van der Waals surface area contributed by atoms with Gasteiger partial charge in [0.2, 0.25) is 11.1 Å². The number of carbonyl (C=O) groups is 1. The summed E-state index contributed by atoms with van der Waals surface area (Å²) >= 11 is 7.51. The fourth-order valence-electron chi connectivity index (χ4n) is 3.19. The number of benzene rings is 2. The second kappa shape index (κ2) is 8.04. The molecule has 0 fully saturated rings. The zero-order valence-electron chi connectivity index (χ0n) is 15.8. The van der Waals surface area contributed by atoms with Crippen LogP contribution in [0, 0.1) is 12.7 Å². The lowest BCUT2D eigenvalue weighted by molar-refractivity contribution is -0.116. The predicted molar refractivity (Wildman–Crippen MR) is 112 cm³/mol. The number of thioether (sulfide) groups is 1. The van der Waals surface area contributed by atoms with Gasteiger partial charge in [-0.25, -0.2) is 9.07 Å². The van der Waals surface area contributed by atoms with E-state index in [2.05, 4.69) is 20.9 Å². The van der Waals surface area contributed by atoms with E-state index in [0.717, 1.165) is 17.0 Å². The molecule has 150 valence electrons. The first-order valence-electron chi connectivity index (χ1n) is 9.17. The highest BCUT2D eigenvalue weighted by Crippen LogP contribution is 2.38. The van der Waals surface area contributed by atoms with Gasteiger partial charge in [-0.05, 0) is 42.3 Å². The summed E-state index contributed by atoms with van der Waals surface area (Å²) in [5, 5.41) is 12.0. The molecular weight excluding hydrogens is 413 g/mol. The Hall–Kier alpha value is -2.58. The van der Waals surface area contributed by atoms with Gasteiger partial charge in [0, 0.05) is 17.1 Å². The normalized spacial score (nSPS) is 18.1. The van der Waals surface area contributed by atoms with Crippen LogP contribution in [-0.2, 0) is 11.2 Å². The molecule has 1 aliphatic rings. The number of hydrogen-bond donors (Lipinski definition) is 2. The Morgan fingerprint density at radius 2 is 2.03 bits per heavy atom. The van der Waals surface area contributed by atoms with E-state index >= 15 is 0 Å². The van der Waals surface area contributed by atoms with Crippen molar-refractivity contribution in [2.45, 2.75) is 36.7 Å². The molecule has 0 saturated heterocycles. The average Bonchev–Trinajstić information content (AvgIpc) is 3.13. The molecular formula is C20H19ClFN5OS. The van der Waals surface area contributed by atoms with E-state index in [1.54, 1.807) is 28.9 Å². The molecule has 0 aliphatic carbocycles. The van der Waals surface area contributed by atoms with Gasteiger partial charge in [0.1, 0.15) is 11.1 Å². The summed E-state index contributed by atoms with van der Waals surface area (Å²) in [5.74, 6) is 0.241. The molecule has 2 aromatic carbocycles. The lowest BCUT2D eigenvalue weighted by Gasteiger charge is -2.33. The van der Waals surface area contributed by atoms with Crippen molar-refractivity contribution < 1.29 is 9.18 Å². The van der Waals surface area contributed by atoms with Crippen molar-refractivity contribution in [1.29, 1.82) is 0 Å². The van der Waals surface area contributed by atoms with Crippen molar-refractivity contribution in [2.24, 2.45) is 0 Å². The van der Waals surface area contributed by atoms with Crippen LogP contribution in [-0.4, -0.2) is 26.0 Å². The fraction of sp³-hybridized carbons (Fsp3) is 0.250. The number of amides is 1. The smallest absolute Gasteiger partial charge is 0.240 e. The molecule has 0 bridgehead atoms. The molecule has 3 aromatic rings. The van der Waals surface area contributed by atoms with E-state index in [1.807, 2.05) is 19.9 Å². The van der Waals surface area contributed by atoms with Gasteiger partial charge in [0.25, 0.3) is 0 Å². The number of fused-ring (bicyclic) bond motifs is 1. The van der Waals surface area contributed by atoms with E-state index in [0.29, 0.717) is 22.3 Å². The SMILES string of the molecule is CCc1nnc2n1NC(c1ccc(F)cc1)C(C(=O)Nc1cccc(Cl)c1C)S2. The van der Waals surface area contributed by atoms with Crippen LogP contribution in [0.2, 0.25) is 5.02 Å². The van der Waals surface area contributed by atoms with E-state index in [1.165, 1.54) is 23.9 Å². The van der Waals surface area contributed by atoms with E-state index < -0.39 is 11.3 Å². The second-order valence-corrected chi connectivity index (χ2v) is 8.20. The zero-order chi connectivity index (χ0) is 20.5. The van der Waals surface area contributed by atoms with E-state index in [4.69, 9.17) is 11.6 Å². The maximum absolute atomic E-state index is 13.4. The van der Waals surface area contributed by atoms with Gasteiger partial charge in [0.15, 0.2) is 5.82 Å². The highest BCUT2D eigenvalue weighted by atomic mass is 35.5. The average molecular weight is 432 g/mol. The van der Waals surface area contributed by atoms with Gasteiger partial charge in [-0.2, -0.15) is 0 Å². The van der Waals surface area contributed by atoms with Crippen molar-refractivity contribution >= 4 is 35.0 Å². The standard InChI is InChI=1S/C20H19ClFN5OS/c1-3-16-24-25-20-27(16)26-17(12-7-9-13(22)10-8-12)18(29-20)19(28)23-15-6-4-5-14(21)11(15)2/h4-10,17-18,26H,3H2,1-2H3,(H,23,28). The quantitative estimate of drug-likeness (QED) is 0.643. The number of halogens is 2. The zero-order valence-corrected chi connectivity index (χ0v) is 17.4. The van der Waals surface area contributed by atoms with Crippen molar-refractivity contribution in [3.05, 3.63) is 70.3 Å². The highest BCUT2D eigenvalue weighted by molar-refractivity contribution is 8.00. The Bertz CT molecular complexity index is 1060. The molecule has 1 aromatic heterocycles. The van der Waals surface area contributed by atoms with Gasteiger partial charge >= 0.3 is 0 Å². The molecule has 0 spiro atoms. The van der Waals surface area contributed by atoms with E-state index in [-0.39, 0.29) is 11.7 Å². The number of nitrogens with zero attached hydrogens (tertiary/aromatic N) is 3. The third-order valence-corrected chi connectivity index (χ3v) is 6.46. The van der Waals surface area contributed by atoms with Gasteiger partial charge in [-0.15, -0.1) is 10.2 Å². The topological polar surface area (TPSA) is 71.8 Å². The minimum atomic E-state index is -0.541. The molecule has 1 amide bonds. The van der Waals surface area contributed by atoms with Crippen LogP contribution < -0.4 is 10.7 Å². The molecule has 2 N–H and O–H groups in total. The number of hydrogen-bond acceptors (Lipinski definition) is 5. The lowest BCUT2D eigenvalue weighted by Crippen LogP contribution is -2.41. The number of anilines is 1. The largest absolute Gasteiger partial charge is 0.325 e. The van der Waals surface area contributed by atoms with Crippen LogP contribution in [0.5, 0.6) is 0 Å². The molecule has 2 atom stereocenters. The minimum Gasteiger partial charge on any atom is -0.325 e. The molecule has 0 saturated carbocycles. The van der Waals surface area contributed by atoms with Gasteiger partial charge in [0.05, 0.1) is 6.04 Å². The van der Waals surface area contributed by atoms with Crippen LogP contribution in [0.25, 0.3) is 0 Å². The first-order chi connectivity index (χ1) is 14.0. The van der Waals surface area contributed by atoms with E-state index in [9.17, 15) is 9.18 Å². The molecule has 9 heteroatoms. The van der Waals surface area contributed by atoms with Crippen LogP contribution in [0.15, 0.2) is 47.6 Å². The van der Waals surface area contributed by atoms with Gasteiger partial charge < -0.3 is 10.7 Å². The Kier molecular flexibility index (Phi) is 5.47. The van der Waals surface area contributed by atoms with Crippen LogP contribution >= 0.6 is 23.4 Å². The third kappa shape index (κ3) is 3.82. The highest BCUT2D eigenvalue weighted by Gasteiger charge is 2.37. The van der Waals surface area contributed by atoms with Crippen molar-refractivity contribution in [3.63, 3.8) is 0 Å². The van der Waals surface area contributed by atoms with Crippen molar-refractivity contribution in [2.75, 3.05) is 10.7 Å². The Morgan fingerprint density at radius 1 is 1.28 bits per heavy atom. The third-order valence-electron chi connectivity index (χ3n) is 4.83. The number of aryl methyl sites for hydroxylation is 1. The van der Waals surface area contributed by atoms with Crippen LogP contribution in [0.1, 0.15) is 29.9 Å². The second-order valence-electron chi connectivity index (χ2n) is 6.69. The number of carbonyl (C=O) groups excluding carboxylic acids is 1. The Balaban J connectivity index is 1.69. The monoisotopic (exact) mass is 431 g/mol. The first kappa shape index (κ1) is 19.7. The van der Waals surface area contributed by atoms with Gasteiger partial charge in [-0.3, -0.25) is 4.79 Å². The Morgan fingerprint density at radius 3 is 2.76 bits per heavy atom. The molecule has 29 heavy (non-hydrogen) atoms. The Labute approximate surface area is 176 Å². The lowest BCUT2D eigenvalue weighted by atomic mass is 10.0. The molecule has 1 aliphatic heterocycles. The maximum atomic E-state index is 13.4. The summed E-state index contributed by atoms with van der Waals surface area (Å²) in [6.07, 6.45) is 0.690. The summed E-state index contributed by atoms with van der Waals surface area (Å²) in [5.41, 5.74) is 5.58. The summed E-state index contributed by atoms with van der Waals surface area (Å²) in [6.45, 7) is 3.84. The van der Waals surface area contributed by atoms with Crippen LogP contribution in [0.4, 0.5) is 10.1 Å². The van der Waals surface area contributed by atoms with Gasteiger partial charge in [-0.1, -0.05) is 48.5 Å². The summed E-state index contributed by atoms with van der Waals surface area (Å²) in [4.78, 5) is 13.2.